The lowest BCUT2D eigenvalue weighted by Gasteiger charge is -2.36. The number of piperazine rings is 1. The summed E-state index contributed by atoms with van der Waals surface area (Å²) in [4.78, 5) is 22.9. The minimum absolute atomic E-state index is 0. The van der Waals surface area contributed by atoms with E-state index in [9.17, 15) is 4.79 Å². The summed E-state index contributed by atoms with van der Waals surface area (Å²) in [6.45, 7) is 10.3. The summed E-state index contributed by atoms with van der Waals surface area (Å²) in [5.41, 5.74) is 0. The van der Waals surface area contributed by atoms with Crippen molar-refractivity contribution in [1.82, 2.24) is 20.4 Å². The summed E-state index contributed by atoms with van der Waals surface area (Å²) in [6, 6.07) is 4.77. The summed E-state index contributed by atoms with van der Waals surface area (Å²) in [5, 5.41) is 8.65. The Morgan fingerprint density at radius 2 is 2.07 bits per heavy atom. The second-order valence-electron chi connectivity index (χ2n) is 7.69. The molecule has 0 radical (unpaired) electrons. The Morgan fingerprint density at radius 1 is 1.32 bits per heavy atom. The van der Waals surface area contributed by atoms with Crippen LogP contribution < -0.4 is 10.6 Å². The van der Waals surface area contributed by atoms with E-state index < -0.39 is 0 Å². The number of carbonyl (C=O) groups is 1. The number of aliphatic imine (C=N–C) groups is 1. The number of halogens is 1. The van der Waals surface area contributed by atoms with Gasteiger partial charge in [0.1, 0.15) is 0 Å². The molecule has 0 bridgehead atoms. The van der Waals surface area contributed by atoms with Crippen molar-refractivity contribution in [3.05, 3.63) is 22.4 Å². The first kappa shape index (κ1) is 23.4. The van der Waals surface area contributed by atoms with Crippen molar-refractivity contribution in [3.63, 3.8) is 0 Å². The highest BCUT2D eigenvalue weighted by atomic mass is 127. The van der Waals surface area contributed by atoms with Gasteiger partial charge in [-0.2, -0.15) is 0 Å². The maximum atomic E-state index is 12.0. The Labute approximate surface area is 190 Å². The Hall–Kier alpha value is -0.870. The Kier molecular flexibility index (Phi) is 10.0. The number of guanidine groups is 1. The molecule has 2 fully saturated rings. The average molecular weight is 519 g/mol. The van der Waals surface area contributed by atoms with Crippen LogP contribution in [-0.4, -0.2) is 73.5 Å². The maximum Gasteiger partial charge on any atom is 0.234 e. The summed E-state index contributed by atoms with van der Waals surface area (Å²) >= 11 is 1.82. The number of nitrogens with zero attached hydrogens (tertiary/aromatic N) is 3. The normalized spacial score (nSPS) is 19.1. The van der Waals surface area contributed by atoms with Gasteiger partial charge in [0.05, 0.1) is 6.54 Å². The fraction of sp³-hybridized carbons (Fsp3) is 0.700. The lowest BCUT2D eigenvalue weighted by molar-refractivity contribution is -0.122. The number of hydrogen-bond donors (Lipinski definition) is 2. The molecule has 2 heterocycles. The number of rotatable bonds is 8. The number of amides is 1. The van der Waals surface area contributed by atoms with Crippen molar-refractivity contribution >= 4 is 47.2 Å². The van der Waals surface area contributed by atoms with Crippen LogP contribution in [0.1, 0.15) is 31.6 Å². The zero-order valence-corrected chi connectivity index (χ0v) is 20.2. The lowest BCUT2D eigenvalue weighted by atomic mass is 10.1. The molecule has 2 aliphatic rings. The molecule has 1 saturated carbocycles. The van der Waals surface area contributed by atoms with E-state index in [0.717, 1.165) is 64.5 Å². The molecule has 1 saturated heterocycles. The van der Waals surface area contributed by atoms with Gasteiger partial charge in [0.25, 0.3) is 0 Å². The van der Waals surface area contributed by atoms with Crippen molar-refractivity contribution in [3.8, 4) is 0 Å². The van der Waals surface area contributed by atoms with E-state index in [1.165, 1.54) is 4.88 Å². The van der Waals surface area contributed by atoms with E-state index in [2.05, 4.69) is 51.8 Å². The van der Waals surface area contributed by atoms with E-state index in [0.29, 0.717) is 18.5 Å². The Balaban J connectivity index is 0.00000280. The van der Waals surface area contributed by atoms with Gasteiger partial charge in [-0.3, -0.25) is 14.7 Å². The molecule has 2 N–H and O–H groups in total. The molecule has 0 aromatic carbocycles. The van der Waals surface area contributed by atoms with Crippen molar-refractivity contribution in [2.75, 3.05) is 45.8 Å². The van der Waals surface area contributed by atoms with Gasteiger partial charge >= 0.3 is 0 Å². The molecule has 8 heteroatoms. The second-order valence-corrected chi connectivity index (χ2v) is 8.72. The van der Waals surface area contributed by atoms with Crippen LogP contribution in [-0.2, 0) is 11.2 Å². The number of carbonyl (C=O) groups excluding carboxylic acids is 1. The predicted molar refractivity (Wildman–Crippen MR) is 128 cm³/mol. The maximum absolute atomic E-state index is 12.0. The van der Waals surface area contributed by atoms with E-state index >= 15 is 0 Å². The molecule has 28 heavy (non-hydrogen) atoms. The first-order chi connectivity index (χ1) is 13.1. The topological polar surface area (TPSA) is 60.0 Å². The fourth-order valence-electron chi connectivity index (χ4n) is 3.33. The molecular weight excluding hydrogens is 485 g/mol. The van der Waals surface area contributed by atoms with Crippen molar-refractivity contribution < 1.29 is 4.79 Å². The van der Waals surface area contributed by atoms with Crippen LogP contribution in [0.3, 0.4) is 0 Å². The highest BCUT2D eigenvalue weighted by Gasteiger charge is 2.25. The highest BCUT2D eigenvalue weighted by Crippen LogP contribution is 2.18. The van der Waals surface area contributed by atoms with Crippen molar-refractivity contribution in [1.29, 1.82) is 0 Å². The summed E-state index contributed by atoms with van der Waals surface area (Å²) in [7, 11) is 0. The van der Waals surface area contributed by atoms with Gasteiger partial charge in [-0.05, 0) is 43.6 Å². The largest absolute Gasteiger partial charge is 0.357 e. The van der Waals surface area contributed by atoms with Crippen LogP contribution in [0, 0.1) is 5.92 Å². The van der Waals surface area contributed by atoms with Gasteiger partial charge in [-0.25, -0.2) is 0 Å². The van der Waals surface area contributed by atoms with Crippen LogP contribution in [0.5, 0.6) is 0 Å². The SMILES string of the molecule is CCNC(=NCC(C)Cc1cccs1)N1CCN(CC(=O)NC2CC2)CC1.I. The first-order valence-electron chi connectivity index (χ1n) is 10.2. The van der Waals surface area contributed by atoms with Crippen LogP contribution in [0.4, 0.5) is 0 Å². The zero-order chi connectivity index (χ0) is 19.1. The number of nitrogens with one attached hydrogen (secondary N) is 2. The van der Waals surface area contributed by atoms with E-state index in [-0.39, 0.29) is 29.9 Å². The third-order valence-electron chi connectivity index (χ3n) is 5.00. The summed E-state index contributed by atoms with van der Waals surface area (Å²) < 4.78 is 0. The van der Waals surface area contributed by atoms with Crippen LogP contribution in [0.15, 0.2) is 22.5 Å². The fourth-order valence-corrected chi connectivity index (χ4v) is 4.20. The van der Waals surface area contributed by atoms with Gasteiger partial charge in [0, 0.05) is 50.2 Å². The molecule has 158 valence electrons. The molecule has 6 nitrogen and oxygen atoms in total. The molecule has 0 spiro atoms. The first-order valence-corrected chi connectivity index (χ1v) is 11.1. The minimum atomic E-state index is 0. The third-order valence-corrected chi connectivity index (χ3v) is 5.90. The van der Waals surface area contributed by atoms with Crippen molar-refractivity contribution in [2.24, 2.45) is 10.9 Å². The highest BCUT2D eigenvalue weighted by molar-refractivity contribution is 14.0. The molecule has 1 unspecified atom stereocenters. The molecule has 3 rings (SSSR count). The second kappa shape index (κ2) is 12.0. The smallest absolute Gasteiger partial charge is 0.234 e. The van der Waals surface area contributed by atoms with Crippen LogP contribution in [0.2, 0.25) is 0 Å². The molecule has 1 amide bonds. The molecule has 1 aliphatic carbocycles. The minimum Gasteiger partial charge on any atom is -0.357 e. The van der Waals surface area contributed by atoms with Crippen LogP contribution >= 0.6 is 35.3 Å². The zero-order valence-electron chi connectivity index (χ0n) is 17.0. The summed E-state index contributed by atoms with van der Waals surface area (Å²) in [5.74, 6) is 1.72. The predicted octanol–water partition coefficient (Wildman–Crippen LogP) is 2.41. The molecule has 1 aromatic rings. The molecular formula is C20H34IN5OS. The molecule has 1 atom stereocenters. The summed E-state index contributed by atoms with van der Waals surface area (Å²) in [6.07, 6.45) is 3.38. The van der Waals surface area contributed by atoms with Gasteiger partial charge in [-0.15, -0.1) is 35.3 Å². The van der Waals surface area contributed by atoms with E-state index in [1.807, 2.05) is 11.3 Å². The number of hydrogen-bond acceptors (Lipinski definition) is 4. The van der Waals surface area contributed by atoms with Gasteiger partial charge < -0.3 is 15.5 Å². The Morgan fingerprint density at radius 3 is 2.68 bits per heavy atom. The molecule has 1 aromatic heterocycles. The van der Waals surface area contributed by atoms with Crippen LogP contribution in [0.25, 0.3) is 0 Å². The average Bonchev–Trinajstić information content (AvgIpc) is 3.31. The third kappa shape index (κ3) is 7.87. The standard InChI is InChI=1S/C20H33N5OS.HI/c1-3-21-20(22-14-16(2)13-18-5-4-12-27-18)25-10-8-24(9-11-25)15-19(26)23-17-6-7-17;/h4-5,12,16-17H,3,6-11,13-15H2,1-2H3,(H,21,22)(H,23,26);1H. The quantitative estimate of drug-likeness (QED) is 0.315. The Bertz CT molecular complexity index is 612. The van der Waals surface area contributed by atoms with E-state index in [4.69, 9.17) is 4.99 Å². The molecule has 1 aliphatic heterocycles. The van der Waals surface area contributed by atoms with Crippen molar-refractivity contribution in [2.45, 2.75) is 39.2 Å². The van der Waals surface area contributed by atoms with Gasteiger partial charge in [0.2, 0.25) is 5.91 Å². The number of thiophene rings is 1. The van der Waals surface area contributed by atoms with Gasteiger partial charge in [-0.1, -0.05) is 13.0 Å². The lowest BCUT2D eigenvalue weighted by Crippen LogP contribution is -2.54. The van der Waals surface area contributed by atoms with Gasteiger partial charge in [0.15, 0.2) is 5.96 Å². The van der Waals surface area contributed by atoms with E-state index in [1.54, 1.807) is 0 Å². The monoisotopic (exact) mass is 519 g/mol.